The number of rotatable bonds is 5. The Morgan fingerprint density at radius 3 is 2.37 bits per heavy atom. The second-order valence-corrected chi connectivity index (χ2v) is 6.14. The van der Waals surface area contributed by atoms with Crippen molar-refractivity contribution < 1.29 is 17.6 Å². The summed E-state index contributed by atoms with van der Waals surface area (Å²) in [6.07, 6.45) is 0. The van der Waals surface area contributed by atoms with Gasteiger partial charge in [0.25, 0.3) is 0 Å². The molecule has 0 aromatic heterocycles. The minimum absolute atomic E-state index is 0.224. The van der Waals surface area contributed by atoms with Crippen LogP contribution in [0.25, 0.3) is 0 Å². The molecule has 0 saturated heterocycles. The summed E-state index contributed by atoms with van der Waals surface area (Å²) in [5.74, 6) is -1.81. The van der Waals surface area contributed by atoms with E-state index in [-0.39, 0.29) is 16.5 Å². The minimum Gasteiger partial charge on any atom is -0.396 e. The van der Waals surface area contributed by atoms with Crippen LogP contribution in [0.1, 0.15) is 13.8 Å². The fourth-order valence-corrected chi connectivity index (χ4v) is 2.83. The Bertz CT molecular complexity index is 587. The van der Waals surface area contributed by atoms with Gasteiger partial charge in [0.1, 0.15) is 11.9 Å². The van der Waals surface area contributed by atoms with E-state index in [1.54, 1.807) is 13.8 Å². The smallest absolute Gasteiger partial charge is 0.241 e. The van der Waals surface area contributed by atoms with Crippen molar-refractivity contribution in [3.8, 4) is 0 Å². The Kier molecular flexibility index (Phi) is 4.48. The molecule has 0 radical (unpaired) electrons. The number of carbonyl (C=O) groups is 1. The maximum absolute atomic E-state index is 13.0. The van der Waals surface area contributed by atoms with Gasteiger partial charge in [-0.1, -0.05) is 13.8 Å². The van der Waals surface area contributed by atoms with Crippen LogP contribution in [-0.4, -0.2) is 20.4 Å². The van der Waals surface area contributed by atoms with Gasteiger partial charge in [0.05, 0.1) is 10.6 Å². The highest BCUT2D eigenvalue weighted by Crippen LogP contribution is 2.17. The predicted molar refractivity (Wildman–Crippen MR) is 69.0 cm³/mol. The van der Waals surface area contributed by atoms with Gasteiger partial charge in [-0.3, -0.25) is 4.79 Å². The predicted octanol–water partition coefficient (Wildman–Crippen LogP) is 0.196. The largest absolute Gasteiger partial charge is 0.396 e. The highest BCUT2D eigenvalue weighted by molar-refractivity contribution is 7.89. The van der Waals surface area contributed by atoms with Crippen molar-refractivity contribution >= 4 is 21.6 Å². The molecule has 1 atom stereocenters. The second-order valence-electron chi connectivity index (χ2n) is 4.43. The molecule has 1 aromatic rings. The zero-order chi connectivity index (χ0) is 14.8. The number of primary amides is 1. The van der Waals surface area contributed by atoms with E-state index in [2.05, 4.69) is 4.72 Å². The first-order valence-electron chi connectivity index (χ1n) is 5.52. The van der Waals surface area contributed by atoms with Crippen LogP contribution in [-0.2, 0) is 14.8 Å². The highest BCUT2D eigenvalue weighted by atomic mass is 32.2. The van der Waals surface area contributed by atoms with Crippen LogP contribution >= 0.6 is 0 Å². The summed E-state index contributed by atoms with van der Waals surface area (Å²) in [6, 6.07) is 1.94. The molecule has 8 heteroatoms. The van der Waals surface area contributed by atoms with Crippen molar-refractivity contribution in [1.82, 2.24) is 4.72 Å². The van der Waals surface area contributed by atoms with E-state index in [1.165, 1.54) is 0 Å². The summed E-state index contributed by atoms with van der Waals surface area (Å²) in [5, 5.41) is 0. The van der Waals surface area contributed by atoms with Crippen molar-refractivity contribution in [3.05, 3.63) is 24.0 Å². The number of anilines is 1. The van der Waals surface area contributed by atoms with Crippen molar-refractivity contribution in [2.75, 3.05) is 5.73 Å². The molecule has 1 rings (SSSR count). The number of sulfonamides is 1. The third-order valence-corrected chi connectivity index (χ3v) is 3.97. The zero-order valence-electron chi connectivity index (χ0n) is 10.6. The molecular weight excluding hydrogens is 273 g/mol. The van der Waals surface area contributed by atoms with Gasteiger partial charge in [0.2, 0.25) is 15.9 Å². The molecular formula is C11H16FN3O3S. The Balaban J connectivity index is 3.10. The lowest BCUT2D eigenvalue weighted by Crippen LogP contribution is -2.47. The fraction of sp³-hybridized carbons (Fsp3) is 0.364. The average molecular weight is 289 g/mol. The minimum atomic E-state index is -3.99. The van der Waals surface area contributed by atoms with Gasteiger partial charge < -0.3 is 11.5 Å². The second kappa shape index (κ2) is 5.54. The maximum atomic E-state index is 13.0. The van der Waals surface area contributed by atoms with E-state index < -0.39 is 27.8 Å². The number of hydrogen-bond donors (Lipinski definition) is 3. The van der Waals surface area contributed by atoms with Crippen LogP contribution in [0.2, 0.25) is 0 Å². The number of nitrogens with two attached hydrogens (primary N) is 2. The Hall–Kier alpha value is -1.67. The third-order valence-electron chi connectivity index (χ3n) is 2.53. The van der Waals surface area contributed by atoms with Crippen LogP contribution in [0, 0.1) is 11.7 Å². The summed E-state index contributed by atoms with van der Waals surface area (Å²) in [4.78, 5) is 11.0. The first-order chi connectivity index (χ1) is 8.65. The Labute approximate surface area is 111 Å². The third kappa shape index (κ3) is 3.65. The molecule has 0 spiro atoms. The highest BCUT2D eigenvalue weighted by Gasteiger charge is 2.26. The van der Waals surface area contributed by atoms with Gasteiger partial charge in [-0.2, -0.15) is 4.72 Å². The van der Waals surface area contributed by atoms with E-state index in [1.807, 2.05) is 0 Å². The Morgan fingerprint density at radius 2 is 1.95 bits per heavy atom. The van der Waals surface area contributed by atoms with E-state index in [4.69, 9.17) is 11.5 Å². The summed E-state index contributed by atoms with van der Waals surface area (Å²) in [7, 11) is -3.99. The SMILES string of the molecule is CC(C)C(NS(=O)(=O)c1ccc(F)c(N)c1)C(N)=O. The molecule has 0 bridgehead atoms. The summed E-state index contributed by atoms with van der Waals surface area (Å²) < 4.78 is 39.2. The first kappa shape index (κ1) is 15.4. The number of carbonyl (C=O) groups excluding carboxylic acids is 1. The lowest BCUT2D eigenvalue weighted by Gasteiger charge is -2.19. The van der Waals surface area contributed by atoms with Crippen molar-refractivity contribution in [2.45, 2.75) is 24.8 Å². The quantitative estimate of drug-likeness (QED) is 0.671. The number of benzene rings is 1. The molecule has 0 aliphatic heterocycles. The van der Waals surface area contributed by atoms with Crippen LogP contribution in [0.15, 0.2) is 23.1 Å². The molecule has 0 saturated carbocycles. The summed E-state index contributed by atoms with van der Waals surface area (Å²) >= 11 is 0. The maximum Gasteiger partial charge on any atom is 0.241 e. The Morgan fingerprint density at radius 1 is 1.37 bits per heavy atom. The first-order valence-corrected chi connectivity index (χ1v) is 7.00. The van der Waals surface area contributed by atoms with Gasteiger partial charge >= 0.3 is 0 Å². The van der Waals surface area contributed by atoms with Crippen molar-refractivity contribution in [2.24, 2.45) is 11.7 Å². The lowest BCUT2D eigenvalue weighted by atomic mass is 10.1. The summed E-state index contributed by atoms with van der Waals surface area (Å²) in [5.41, 5.74) is 10.1. The van der Waals surface area contributed by atoms with Crippen LogP contribution in [0.4, 0.5) is 10.1 Å². The molecule has 0 aliphatic rings. The molecule has 6 nitrogen and oxygen atoms in total. The van der Waals surface area contributed by atoms with Gasteiger partial charge in [0.15, 0.2) is 0 Å². The monoisotopic (exact) mass is 289 g/mol. The van der Waals surface area contributed by atoms with Gasteiger partial charge in [-0.25, -0.2) is 12.8 Å². The number of nitrogen functional groups attached to an aromatic ring is 1. The van der Waals surface area contributed by atoms with Crippen LogP contribution in [0.5, 0.6) is 0 Å². The van der Waals surface area contributed by atoms with E-state index in [0.29, 0.717) is 0 Å². The molecule has 5 N–H and O–H groups in total. The van der Waals surface area contributed by atoms with Gasteiger partial charge in [0, 0.05) is 0 Å². The number of hydrogen-bond acceptors (Lipinski definition) is 4. The van der Waals surface area contributed by atoms with Gasteiger partial charge in [-0.15, -0.1) is 0 Å². The molecule has 0 fully saturated rings. The van der Waals surface area contributed by atoms with E-state index >= 15 is 0 Å². The molecule has 1 unspecified atom stereocenters. The van der Waals surface area contributed by atoms with Crippen molar-refractivity contribution in [3.63, 3.8) is 0 Å². The number of amides is 1. The van der Waals surface area contributed by atoms with Crippen LogP contribution < -0.4 is 16.2 Å². The number of nitrogens with one attached hydrogen (secondary N) is 1. The number of halogens is 1. The normalized spacial score (nSPS) is 13.5. The summed E-state index contributed by atoms with van der Waals surface area (Å²) in [6.45, 7) is 3.30. The molecule has 1 amide bonds. The zero-order valence-corrected chi connectivity index (χ0v) is 11.4. The molecule has 1 aromatic carbocycles. The molecule has 19 heavy (non-hydrogen) atoms. The van der Waals surface area contributed by atoms with Crippen molar-refractivity contribution in [1.29, 1.82) is 0 Å². The molecule has 0 aliphatic carbocycles. The van der Waals surface area contributed by atoms with Gasteiger partial charge in [-0.05, 0) is 24.1 Å². The van der Waals surface area contributed by atoms with Crippen LogP contribution in [0.3, 0.4) is 0 Å². The van der Waals surface area contributed by atoms with E-state index in [0.717, 1.165) is 18.2 Å². The fourth-order valence-electron chi connectivity index (χ4n) is 1.45. The standard InChI is InChI=1S/C11H16FN3O3S/c1-6(2)10(11(14)16)15-19(17,18)7-3-4-8(12)9(13)5-7/h3-6,10,15H,13H2,1-2H3,(H2,14,16). The molecule has 0 heterocycles. The van der Waals surface area contributed by atoms with E-state index in [9.17, 15) is 17.6 Å². The lowest BCUT2D eigenvalue weighted by molar-refractivity contribution is -0.120. The average Bonchev–Trinajstić information content (AvgIpc) is 2.28. The topological polar surface area (TPSA) is 115 Å². The molecule has 106 valence electrons.